The summed E-state index contributed by atoms with van der Waals surface area (Å²) >= 11 is 0. The highest BCUT2D eigenvalue weighted by molar-refractivity contribution is 5.76. The molecule has 8 heteroatoms. The van der Waals surface area contributed by atoms with Crippen LogP contribution in [0.3, 0.4) is 0 Å². The van der Waals surface area contributed by atoms with Crippen molar-refractivity contribution in [1.82, 2.24) is 0 Å². The fourth-order valence-electron chi connectivity index (χ4n) is 3.35. The molecule has 0 unspecified atom stereocenters. The minimum Gasteiger partial charge on any atom is -0.467 e. The number of hydrogen-bond acceptors (Lipinski definition) is 8. The second-order valence-electron chi connectivity index (χ2n) is 7.07. The van der Waals surface area contributed by atoms with Gasteiger partial charge in [0.1, 0.15) is 12.2 Å². The fourth-order valence-corrected chi connectivity index (χ4v) is 3.35. The molecule has 1 fully saturated rings. The van der Waals surface area contributed by atoms with Crippen molar-refractivity contribution in [3.8, 4) is 0 Å². The predicted octanol–water partition coefficient (Wildman–Crippen LogP) is 1.98. The first-order valence-corrected chi connectivity index (χ1v) is 9.89. The molecule has 1 aliphatic rings. The largest absolute Gasteiger partial charge is 0.467 e. The van der Waals surface area contributed by atoms with Gasteiger partial charge in [0.2, 0.25) is 0 Å². The first-order valence-electron chi connectivity index (χ1n) is 9.89. The summed E-state index contributed by atoms with van der Waals surface area (Å²) in [6.45, 7) is 1.52. The summed E-state index contributed by atoms with van der Waals surface area (Å²) in [7, 11) is 1.18. The van der Waals surface area contributed by atoms with E-state index in [1.807, 2.05) is 60.7 Å². The van der Waals surface area contributed by atoms with Crippen molar-refractivity contribution < 1.29 is 38.4 Å². The van der Waals surface area contributed by atoms with Crippen LogP contribution < -0.4 is 0 Å². The molecule has 0 saturated carbocycles. The average molecular weight is 430 g/mol. The molecule has 31 heavy (non-hydrogen) atoms. The van der Waals surface area contributed by atoms with Crippen molar-refractivity contribution >= 4 is 11.9 Å². The Kier molecular flexibility index (Phi) is 8.13. The Bertz CT molecular complexity index is 841. The molecule has 0 radical (unpaired) electrons. The van der Waals surface area contributed by atoms with E-state index in [0.29, 0.717) is 0 Å². The smallest absolute Gasteiger partial charge is 0.339 e. The van der Waals surface area contributed by atoms with Crippen molar-refractivity contribution in [2.24, 2.45) is 0 Å². The highest BCUT2D eigenvalue weighted by Gasteiger charge is 2.52. The standard InChI is InChI=1S/C23H26O8/c1-15(24)30-19-18(28-13-16-9-5-3-6-10-16)20(23(26)31-21(19)22(25)27-2)29-14-17-11-7-4-8-12-17/h3-12,18-21,23,26H,13-14H2,1-2H3/t18-,19+,20+,21-,23+/m0/s1. The van der Waals surface area contributed by atoms with Crippen LogP contribution >= 0.6 is 0 Å². The third-order valence-corrected chi connectivity index (χ3v) is 4.82. The van der Waals surface area contributed by atoms with Gasteiger partial charge in [-0.05, 0) is 11.1 Å². The Morgan fingerprint density at radius 3 is 1.87 bits per heavy atom. The summed E-state index contributed by atoms with van der Waals surface area (Å²) in [6, 6.07) is 18.7. The molecular formula is C23H26O8. The Morgan fingerprint density at radius 1 is 0.871 bits per heavy atom. The van der Waals surface area contributed by atoms with Gasteiger partial charge < -0.3 is 28.8 Å². The lowest BCUT2D eigenvalue weighted by Crippen LogP contribution is -2.62. The van der Waals surface area contributed by atoms with Crippen LogP contribution in [-0.4, -0.2) is 54.9 Å². The minimum absolute atomic E-state index is 0.148. The van der Waals surface area contributed by atoms with Gasteiger partial charge in [-0.3, -0.25) is 4.79 Å². The fraction of sp³-hybridized carbons (Fsp3) is 0.391. The van der Waals surface area contributed by atoms with Crippen LogP contribution in [-0.2, 0) is 46.5 Å². The predicted molar refractivity (Wildman–Crippen MR) is 108 cm³/mol. The maximum atomic E-state index is 12.3. The number of aliphatic hydroxyl groups is 1. The number of benzene rings is 2. The Labute approximate surface area is 180 Å². The van der Waals surface area contributed by atoms with Gasteiger partial charge in [-0.15, -0.1) is 0 Å². The van der Waals surface area contributed by atoms with Crippen LogP contribution in [0.5, 0.6) is 0 Å². The number of methoxy groups -OCH3 is 1. The quantitative estimate of drug-likeness (QED) is 0.635. The molecule has 0 bridgehead atoms. The van der Waals surface area contributed by atoms with Crippen molar-refractivity contribution in [3.05, 3.63) is 71.8 Å². The van der Waals surface area contributed by atoms with Gasteiger partial charge in [0.05, 0.1) is 20.3 Å². The van der Waals surface area contributed by atoms with Crippen molar-refractivity contribution in [2.75, 3.05) is 7.11 Å². The maximum Gasteiger partial charge on any atom is 0.339 e. The highest BCUT2D eigenvalue weighted by Crippen LogP contribution is 2.29. The van der Waals surface area contributed by atoms with E-state index in [1.165, 1.54) is 14.0 Å². The van der Waals surface area contributed by atoms with Gasteiger partial charge in [-0.25, -0.2) is 4.79 Å². The molecule has 3 rings (SSSR count). The van der Waals surface area contributed by atoms with E-state index in [9.17, 15) is 14.7 Å². The summed E-state index contributed by atoms with van der Waals surface area (Å²) in [5, 5.41) is 10.6. The molecule has 1 heterocycles. The lowest BCUT2D eigenvalue weighted by Gasteiger charge is -2.42. The van der Waals surface area contributed by atoms with Crippen LogP contribution in [0.2, 0.25) is 0 Å². The molecule has 1 aliphatic heterocycles. The topological polar surface area (TPSA) is 101 Å². The van der Waals surface area contributed by atoms with Crippen molar-refractivity contribution in [1.29, 1.82) is 0 Å². The number of carbonyl (C=O) groups excluding carboxylic acids is 2. The zero-order valence-corrected chi connectivity index (χ0v) is 17.4. The van der Waals surface area contributed by atoms with E-state index < -0.39 is 42.6 Å². The lowest BCUT2D eigenvalue weighted by atomic mass is 9.97. The Balaban J connectivity index is 1.85. The van der Waals surface area contributed by atoms with Gasteiger partial charge in [0, 0.05) is 6.92 Å². The molecular weight excluding hydrogens is 404 g/mol. The minimum atomic E-state index is -1.50. The number of esters is 2. The van der Waals surface area contributed by atoms with Crippen molar-refractivity contribution in [3.63, 3.8) is 0 Å². The molecule has 8 nitrogen and oxygen atoms in total. The molecule has 0 amide bonds. The zero-order chi connectivity index (χ0) is 22.2. The molecule has 0 aliphatic carbocycles. The molecule has 2 aromatic rings. The van der Waals surface area contributed by atoms with Crippen LogP contribution in [0.15, 0.2) is 60.7 Å². The number of ether oxygens (including phenoxy) is 5. The van der Waals surface area contributed by atoms with E-state index in [-0.39, 0.29) is 13.2 Å². The van der Waals surface area contributed by atoms with Crippen LogP contribution in [0.4, 0.5) is 0 Å². The number of hydrogen-bond donors (Lipinski definition) is 1. The molecule has 0 spiro atoms. The van der Waals surface area contributed by atoms with E-state index in [4.69, 9.17) is 23.7 Å². The molecule has 1 N–H and O–H groups in total. The third kappa shape index (κ3) is 6.11. The van der Waals surface area contributed by atoms with Gasteiger partial charge in [0.15, 0.2) is 18.5 Å². The van der Waals surface area contributed by atoms with Gasteiger partial charge in [-0.1, -0.05) is 60.7 Å². The van der Waals surface area contributed by atoms with Gasteiger partial charge in [0.25, 0.3) is 0 Å². The SMILES string of the molecule is COC(=O)[C@H]1O[C@@H](O)[C@H](OCc2ccccc2)[C@@H](OCc2ccccc2)[C@H]1OC(C)=O. The van der Waals surface area contributed by atoms with E-state index in [1.54, 1.807) is 0 Å². The summed E-state index contributed by atoms with van der Waals surface area (Å²) in [4.78, 5) is 24.0. The van der Waals surface area contributed by atoms with Crippen LogP contribution in [0, 0.1) is 0 Å². The zero-order valence-electron chi connectivity index (χ0n) is 17.4. The second kappa shape index (κ2) is 11.0. The van der Waals surface area contributed by atoms with Crippen LogP contribution in [0.1, 0.15) is 18.1 Å². The second-order valence-corrected chi connectivity index (χ2v) is 7.07. The third-order valence-electron chi connectivity index (χ3n) is 4.82. The molecule has 2 aromatic carbocycles. The highest BCUT2D eigenvalue weighted by atomic mass is 16.7. The van der Waals surface area contributed by atoms with E-state index >= 15 is 0 Å². The normalized spacial score (nSPS) is 25.6. The maximum absolute atomic E-state index is 12.3. The molecule has 0 aromatic heterocycles. The summed E-state index contributed by atoms with van der Waals surface area (Å²) in [5.41, 5.74) is 1.73. The summed E-state index contributed by atoms with van der Waals surface area (Å²) in [5.74, 6) is -1.42. The Hall–Kier alpha value is -2.78. The van der Waals surface area contributed by atoms with Gasteiger partial charge in [-0.2, -0.15) is 0 Å². The lowest BCUT2D eigenvalue weighted by molar-refractivity contribution is -0.303. The average Bonchev–Trinajstić information content (AvgIpc) is 2.78. The molecule has 1 saturated heterocycles. The first kappa shape index (κ1) is 22.9. The number of aliphatic hydroxyl groups excluding tert-OH is 1. The van der Waals surface area contributed by atoms with Crippen LogP contribution in [0.25, 0.3) is 0 Å². The molecule has 166 valence electrons. The van der Waals surface area contributed by atoms with E-state index in [0.717, 1.165) is 11.1 Å². The van der Waals surface area contributed by atoms with Crippen molar-refractivity contribution in [2.45, 2.75) is 50.8 Å². The Morgan fingerprint density at radius 2 is 1.39 bits per heavy atom. The first-order chi connectivity index (χ1) is 15.0. The van der Waals surface area contributed by atoms with Gasteiger partial charge >= 0.3 is 11.9 Å². The summed E-state index contributed by atoms with van der Waals surface area (Å²) < 4.78 is 27.5. The summed E-state index contributed by atoms with van der Waals surface area (Å²) in [6.07, 6.45) is -6.03. The number of rotatable bonds is 8. The monoisotopic (exact) mass is 430 g/mol. The molecule has 5 atom stereocenters. The van der Waals surface area contributed by atoms with E-state index in [2.05, 4.69) is 0 Å². The number of carbonyl (C=O) groups is 2.